The number of carbonyl (C=O) groups is 1. The van der Waals surface area contributed by atoms with Crippen molar-refractivity contribution >= 4 is 27.5 Å². The second-order valence-electron chi connectivity index (χ2n) is 8.08. The Morgan fingerprint density at radius 2 is 1.94 bits per heavy atom. The lowest BCUT2D eigenvalue weighted by molar-refractivity contribution is 0.0977. The van der Waals surface area contributed by atoms with Crippen LogP contribution in [-0.4, -0.2) is 32.2 Å². The van der Waals surface area contributed by atoms with Gasteiger partial charge in [-0.1, -0.05) is 23.7 Å². The maximum Gasteiger partial charge on any atom is 0.267 e. The topological polar surface area (TPSA) is 94.6 Å². The molecule has 1 aliphatic rings. The van der Waals surface area contributed by atoms with E-state index < -0.39 is 27.3 Å². The molecule has 0 atom stereocenters. The number of nitrogens with zero attached hydrogens (tertiary/aromatic N) is 1. The van der Waals surface area contributed by atoms with Gasteiger partial charge in [0.05, 0.1) is 18.4 Å². The number of nitrogens with one attached hydrogen (secondary N) is 1. The number of aromatic nitrogens is 1. The van der Waals surface area contributed by atoms with Crippen molar-refractivity contribution in [1.29, 1.82) is 0 Å². The maximum atomic E-state index is 14.4. The summed E-state index contributed by atoms with van der Waals surface area (Å²) in [4.78, 5) is 16.3. The molecule has 0 radical (unpaired) electrons. The number of carbonyl (C=O) groups excluding carboxylic acids is 1. The lowest BCUT2D eigenvalue weighted by Gasteiger charge is -2.12. The molecule has 0 saturated heterocycles. The minimum Gasteiger partial charge on any atom is -0.489 e. The summed E-state index contributed by atoms with van der Waals surface area (Å²) in [6.07, 6.45) is 4.96. The molecule has 0 unspecified atom stereocenters. The van der Waals surface area contributed by atoms with E-state index >= 15 is 0 Å². The van der Waals surface area contributed by atoms with Crippen molar-refractivity contribution in [2.45, 2.75) is 19.4 Å². The summed E-state index contributed by atoms with van der Waals surface area (Å²) in [5, 5.41) is 0.0715. The first-order valence-electron chi connectivity index (χ1n) is 10.5. The van der Waals surface area contributed by atoms with E-state index in [0.717, 1.165) is 29.5 Å². The molecule has 7 nitrogen and oxygen atoms in total. The van der Waals surface area contributed by atoms with Gasteiger partial charge in [0.2, 0.25) is 15.9 Å². The Hall–Kier alpha value is -3.17. The number of hydrogen-bond donors (Lipinski definition) is 1. The Kier molecular flexibility index (Phi) is 7.04. The number of pyridine rings is 1. The standard InChI is InChI=1S/C24H22ClFN2O5S/c1-34(30,31)28-24(29)20-11-21(25)18(10-22(20)26)14-32-19-4-2-3-16(9-19)17-7-8-23(27-12-17)33-13-15-5-6-15/h2-4,7-12,15H,5-6,13-14H2,1H3,(H,28,29). The second-order valence-corrected chi connectivity index (χ2v) is 10.2. The summed E-state index contributed by atoms with van der Waals surface area (Å²) in [5.41, 5.74) is 1.59. The molecular formula is C24H22ClFN2O5S. The quantitative estimate of drug-likeness (QED) is 0.457. The monoisotopic (exact) mass is 504 g/mol. The first-order valence-corrected chi connectivity index (χ1v) is 12.8. The van der Waals surface area contributed by atoms with Crippen LogP contribution in [0.1, 0.15) is 28.8 Å². The molecular weight excluding hydrogens is 483 g/mol. The van der Waals surface area contributed by atoms with Crippen molar-refractivity contribution < 1.29 is 27.1 Å². The fourth-order valence-electron chi connectivity index (χ4n) is 3.15. The van der Waals surface area contributed by atoms with Crippen LogP contribution in [0.2, 0.25) is 5.02 Å². The van der Waals surface area contributed by atoms with Crippen molar-refractivity contribution in [3.05, 3.63) is 76.7 Å². The maximum absolute atomic E-state index is 14.4. The Balaban J connectivity index is 1.42. The summed E-state index contributed by atoms with van der Waals surface area (Å²) in [5.74, 6) is -0.235. The summed E-state index contributed by atoms with van der Waals surface area (Å²) < 4.78 is 50.0. The molecule has 1 aliphatic carbocycles. The number of rotatable bonds is 9. The van der Waals surface area contributed by atoms with E-state index in [0.29, 0.717) is 29.7 Å². The molecule has 178 valence electrons. The zero-order valence-corrected chi connectivity index (χ0v) is 19.8. The minimum atomic E-state index is -3.84. The van der Waals surface area contributed by atoms with Crippen molar-refractivity contribution in [2.75, 3.05) is 12.9 Å². The number of sulfonamides is 1. The van der Waals surface area contributed by atoms with Gasteiger partial charge in [0, 0.05) is 28.4 Å². The van der Waals surface area contributed by atoms with Crippen LogP contribution in [0.5, 0.6) is 11.6 Å². The van der Waals surface area contributed by atoms with Gasteiger partial charge in [-0.2, -0.15) is 0 Å². The van der Waals surface area contributed by atoms with Gasteiger partial charge in [-0.25, -0.2) is 22.5 Å². The highest BCUT2D eigenvalue weighted by atomic mass is 35.5. The minimum absolute atomic E-state index is 0.0562. The molecule has 3 aromatic rings. The largest absolute Gasteiger partial charge is 0.489 e. The van der Waals surface area contributed by atoms with Gasteiger partial charge in [0.25, 0.3) is 5.91 Å². The molecule has 1 amide bonds. The zero-order chi connectivity index (χ0) is 24.3. The highest BCUT2D eigenvalue weighted by Crippen LogP contribution is 2.30. The predicted molar refractivity (Wildman–Crippen MR) is 126 cm³/mol. The zero-order valence-electron chi connectivity index (χ0n) is 18.3. The Labute approximate surface area is 201 Å². The number of benzene rings is 2. The first kappa shape index (κ1) is 24.0. The molecule has 10 heteroatoms. The highest BCUT2D eigenvalue weighted by Gasteiger charge is 2.22. The molecule has 4 rings (SSSR count). The molecule has 2 aromatic carbocycles. The van der Waals surface area contributed by atoms with E-state index in [4.69, 9.17) is 21.1 Å². The second kappa shape index (κ2) is 9.99. The molecule has 1 saturated carbocycles. The Morgan fingerprint density at radius 1 is 1.15 bits per heavy atom. The van der Waals surface area contributed by atoms with E-state index in [9.17, 15) is 17.6 Å². The Morgan fingerprint density at radius 3 is 2.62 bits per heavy atom. The van der Waals surface area contributed by atoms with Crippen LogP contribution >= 0.6 is 11.6 Å². The van der Waals surface area contributed by atoms with E-state index in [1.807, 2.05) is 30.3 Å². The van der Waals surface area contributed by atoms with E-state index in [2.05, 4.69) is 4.98 Å². The number of hydrogen-bond acceptors (Lipinski definition) is 6. The lowest BCUT2D eigenvalue weighted by Crippen LogP contribution is -2.30. The molecule has 1 fully saturated rings. The summed E-state index contributed by atoms with van der Waals surface area (Å²) in [6.45, 7) is 0.640. The van der Waals surface area contributed by atoms with Crippen LogP contribution in [0.3, 0.4) is 0 Å². The van der Waals surface area contributed by atoms with Crippen molar-refractivity contribution in [3.63, 3.8) is 0 Å². The van der Waals surface area contributed by atoms with Crippen molar-refractivity contribution in [1.82, 2.24) is 9.71 Å². The van der Waals surface area contributed by atoms with Crippen LogP contribution in [0.25, 0.3) is 11.1 Å². The molecule has 0 bridgehead atoms. The van der Waals surface area contributed by atoms with Gasteiger partial charge in [-0.3, -0.25) is 4.79 Å². The summed E-state index contributed by atoms with van der Waals surface area (Å²) in [6, 6.07) is 13.2. The van der Waals surface area contributed by atoms with E-state index in [1.54, 1.807) is 17.0 Å². The first-order chi connectivity index (χ1) is 16.2. The van der Waals surface area contributed by atoms with Crippen LogP contribution in [0.4, 0.5) is 4.39 Å². The van der Waals surface area contributed by atoms with Gasteiger partial charge >= 0.3 is 0 Å². The molecule has 0 spiro atoms. The SMILES string of the molecule is CS(=O)(=O)NC(=O)c1cc(Cl)c(COc2cccc(-c3ccc(OCC4CC4)nc3)c2)cc1F. The van der Waals surface area contributed by atoms with E-state index in [-0.39, 0.29) is 11.6 Å². The van der Waals surface area contributed by atoms with Crippen LogP contribution in [0.15, 0.2) is 54.7 Å². The van der Waals surface area contributed by atoms with Gasteiger partial charge < -0.3 is 9.47 Å². The predicted octanol–water partition coefficient (Wildman–Crippen LogP) is 4.60. The number of ether oxygens (including phenoxy) is 2. The molecule has 0 aliphatic heterocycles. The van der Waals surface area contributed by atoms with Gasteiger partial charge in [-0.15, -0.1) is 0 Å². The fourth-order valence-corrected chi connectivity index (χ4v) is 3.81. The normalized spacial score (nSPS) is 13.4. The highest BCUT2D eigenvalue weighted by molar-refractivity contribution is 7.89. The third-order valence-corrected chi connectivity index (χ3v) is 6.03. The Bertz CT molecular complexity index is 1310. The summed E-state index contributed by atoms with van der Waals surface area (Å²) >= 11 is 6.18. The smallest absolute Gasteiger partial charge is 0.267 e. The molecule has 1 N–H and O–H groups in total. The number of amides is 1. The average molecular weight is 505 g/mol. The average Bonchev–Trinajstić information content (AvgIpc) is 3.62. The van der Waals surface area contributed by atoms with Crippen molar-refractivity contribution in [2.24, 2.45) is 5.92 Å². The van der Waals surface area contributed by atoms with Gasteiger partial charge in [-0.05, 0) is 54.7 Å². The van der Waals surface area contributed by atoms with Crippen molar-refractivity contribution in [3.8, 4) is 22.8 Å². The summed E-state index contributed by atoms with van der Waals surface area (Å²) in [7, 11) is -3.84. The van der Waals surface area contributed by atoms with E-state index in [1.165, 1.54) is 12.8 Å². The van der Waals surface area contributed by atoms with Gasteiger partial charge in [0.1, 0.15) is 18.2 Å². The third kappa shape index (κ3) is 6.45. The lowest BCUT2D eigenvalue weighted by atomic mass is 10.1. The molecule has 34 heavy (non-hydrogen) atoms. The molecule has 1 heterocycles. The van der Waals surface area contributed by atoms with Crippen LogP contribution in [0, 0.1) is 11.7 Å². The number of halogens is 2. The third-order valence-electron chi connectivity index (χ3n) is 5.12. The van der Waals surface area contributed by atoms with Gasteiger partial charge in [0.15, 0.2) is 0 Å². The molecule has 1 aromatic heterocycles. The van der Waals surface area contributed by atoms with Crippen LogP contribution in [-0.2, 0) is 16.6 Å². The fraction of sp³-hybridized carbons (Fsp3) is 0.250. The van der Waals surface area contributed by atoms with Crippen LogP contribution < -0.4 is 14.2 Å².